The SMILES string of the molecule is O=C(N1CCOCC1)[C@@]1(Cc2ccccc2)N=C(c2ccc(OCCCO)cc2)O[C@H]1c1ccccc1. The summed E-state index contributed by atoms with van der Waals surface area (Å²) in [5, 5.41) is 8.99. The summed E-state index contributed by atoms with van der Waals surface area (Å²) >= 11 is 0. The molecule has 1 N–H and O–H groups in total. The molecule has 2 aliphatic heterocycles. The van der Waals surface area contributed by atoms with E-state index in [1.54, 1.807) is 0 Å². The van der Waals surface area contributed by atoms with Gasteiger partial charge in [-0.3, -0.25) is 4.79 Å². The molecule has 2 aliphatic rings. The Balaban J connectivity index is 1.55. The number of amides is 1. The van der Waals surface area contributed by atoms with Gasteiger partial charge in [-0.1, -0.05) is 60.7 Å². The topological polar surface area (TPSA) is 80.6 Å². The fourth-order valence-corrected chi connectivity index (χ4v) is 4.84. The Bertz CT molecular complexity index is 1190. The quantitative estimate of drug-likeness (QED) is 0.452. The number of carbonyl (C=O) groups is 1. The van der Waals surface area contributed by atoms with E-state index >= 15 is 0 Å². The molecule has 0 unspecified atom stereocenters. The second kappa shape index (κ2) is 11.6. The number of ether oxygens (including phenoxy) is 3. The van der Waals surface area contributed by atoms with Gasteiger partial charge in [0.15, 0.2) is 11.6 Å². The van der Waals surface area contributed by atoms with Crippen LogP contribution in [0.5, 0.6) is 5.75 Å². The molecule has 7 heteroatoms. The van der Waals surface area contributed by atoms with Crippen LogP contribution in [0, 0.1) is 0 Å². The summed E-state index contributed by atoms with van der Waals surface area (Å²) in [6.07, 6.45) is 0.400. The van der Waals surface area contributed by atoms with Crippen molar-refractivity contribution in [3.05, 3.63) is 102 Å². The van der Waals surface area contributed by atoms with Crippen molar-refractivity contribution in [3.8, 4) is 5.75 Å². The Hall–Kier alpha value is -3.68. The van der Waals surface area contributed by atoms with Crippen LogP contribution in [0.15, 0.2) is 89.9 Å². The second-order valence-corrected chi connectivity index (χ2v) is 9.27. The Morgan fingerprint density at radius 2 is 1.65 bits per heavy atom. The average Bonchev–Trinajstić information content (AvgIpc) is 3.35. The number of rotatable bonds is 9. The maximum atomic E-state index is 14.3. The van der Waals surface area contributed by atoms with E-state index in [4.69, 9.17) is 24.3 Å². The molecule has 0 saturated carbocycles. The summed E-state index contributed by atoms with van der Waals surface area (Å²) in [5.41, 5.74) is 1.54. The average molecular weight is 501 g/mol. The van der Waals surface area contributed by atoms with Crippen LogP contribution >= 0.6 is 0 Å². The smallest absolute Gasteiger partial charge is 0.255 e. The Morgan fingerprint density at radius 1 is 0.973 bits per heavy atom. The van der Waals surface area contributed by atoms with Crippen LogP contribution in [-0.2, 0) is 20.7 Å². The van der Waals surface area contributed by atoms with Crippen molar-refractivity contribution in [1.82, 2.24) is 4.90 Å². The zero-order valence-electron chi connectivity index (χ0n) is 20.8. The summed E-state index contributed by atoms with van der Waals surface area (Å²) < 4.78 is 17.8. The third kappa shape index (κ3) is 5.53. The molecule has 0 bridgehead atoms. The zero-order chi connectivity index (χ0) is 25.5. The molecule has 0 aromatic heterocycles. The van der Waals surface area contributed by atoms with E-state index in [1.807, 2.05) is 89.8 Å². The molecule has 3 aromatic carbocycles. The highest BCUT2D eigenvalue weighted by Gasteiger charge is 2.54. The lowest BCUT2D eigenvalue weighted by molar-refractivity contribution is -0.143. The first-order valence-electron chi connectivity index (χ1n) is 12.8. The highest BCUT2D eigenvalue weighted by atomic mass is 16.5. The number of aliphatic hydroxyl groups excluding tert-OH is 1. The predicted octanol–water partition coefficient (Wildman–Crippen LogP) is 3.81. The Kier molecular flexibility index (Phi) is 7.82. The van der Waals surface area contributed by atoms with Gasteiger partial charge < -0.3 is 24.2 Å². The van der Waals surface area contributed by atoms with Gasteiger partial charge in [-0.25, -0.2) is 4.99 Å². The molecule has 2 heterocycles. The number of benzene rings is 3. The van der Waals surface area contributed by atoms with Gasteiger partial charge >= 0.3 is 0 Å². The minimum absolute atomic E-state index is 0.0486. The van der Waals surface area contributed by atoms with Crippen LogP contribution in [0.25, 0.3) is 0 Å². The van der Waals surface area contributed by atoms with E-state index < -0.39 is 11.6 Å². The van der Waals surface area contributed by atoms with Crippen LogP contribution < -0.4 is 4.74 Å². The van der Waals surface area contributed by atoms with E-state index in [1.165, 1.54) is 0 Å². The highest BCUT2D eigenvalue weighted by Crippen LogP contribution is 2.43. The van der Waals surface area contributed by atoms with Gasteiger partial charge in [0, 0.05) is 38.1 Å². The molecule has 37 heavy (non-hydrogen) atoms. The maximum absolute atomic E-state index is 14.3. The highest BCUT2D eigenvalue weighted by molar-refractivity contribution is 6.01. The molecular formula is C30H32N2O5. The van der Waals surface area contributed by atoms with Crippen molar-refractivity contribution < 1.29 is 24.1 Å². The third-order valence-electron chi connectivity index (χ3n) is 6.72. The molecule has 1 fully saturated rings. The summed E-state index contributed by atoms with van der Waals surface area (Å²) in [6.45, 7) is 2.61. The Morgan fingerprint density at radius 3 is 2.32 bits per heavy atom. The minimum Gasteiger partial charge on any atom is -0.494 e. The number of aliphatic imine (C=N–C) groups is 1. The number of aliphatic hydroxyl groups is 1. The van der Waals surface area contributed by atoms with Crippen LogP contribution in [0.3, 0.4) is 0 Å². The van der Waals surface area contributed by atoms with Gasteiger partial charge in [-0.2, -0.15) is 0 Å². The molecule has 1 saturated heterocycles. The standard InChI is InChI=1S/C30H32N2O5/c33-18-7-19-36-26-14-12-25(13-15-26)28-31-30(22-23-8-3-1-4-9-23,29(34)32-16-20-35-21-17-32)27(37-28)24-10-5-2-6-11-24/h1-6,8-15,27,33H,7,16-22H2/t27-,30-/m0/s1. The number of hydrogen-bond donors (Lipinski definition) is 1. The predicted molar refractivity (Wildman–Crippen MR) is 141 cm³/mol. The molecular weight excluding hydrogens is 468 g/mol. The first-order chi connectivity index (χ1) is 18.2. The van der Waals surface area contributed by atoms with Crippen molar-refractivity contribution >= 4 is 11.8 Å². The van der Waals surface area contributed by atoms with Crippen LogP contribution in [0.2, 0.25) is 0 Å². The molecule has 1 amide bonds. The largest absolute Gasteiger partial charge is 0.494 e. The fraction of sp³-hybridized carbons (Fsp3) is 0.333. The molecule has 0 radical (unpaired) electrons. The molecule has 192 valence electrons. The summed E-state index contributed by atoms with van der Waals surface area (Å²) in [7, 11) is 0. The first kappa shape index (κ1) is 25.0. The van der Waals surface area contributed by atoms with Gasteiger partial charge in [0.1, 0.15) is 5.75 Å². The molecule has 5 rings (SSSR count). The van der Waals surface area contributed by atoms with Crippen molar-refractivity contribution in [2.24, 2.45) is 4.99 Å². The lowest BCUT2D eigenvalue weighted by Crippen LogP contribution is -2.54. The molecule has 0 spiro atoms. The lowest BCUT2D eigenvalue weighted by Gasteiger charge is -2.37. The van der Waals surface area contributed by atoms with E-state index in [9.17, 15) is 4.79 Å². The normalized spacial score (nSPS) is 21.3. The monoisotopic (exact) mass is 500 g/mol. The molecule has 3 aromatic rings. The first-order valence-corrected chi connectivity index (χ1v) is 12.8. The fourth-order valence-electron chi connectivity index (χ4n) is 4.84. The number of carbonyl (C=O) groups excluding carboxylic acids is 1. The van der Waals surface area contributed by atoms with Crippen molar-refractivity contribution in [3.63, 3.8) is 0 Å². The van der Waals surface area contributed by atoms with Gasteiger partial charge in [-0.05, 0) is 35.4 Å². The van der Waals surface area contributed by atoms with Crippen molar-refractivity contribution in [2.45, 2.75) is 24.5 Å². The third-order valence-corrected chi connectivity index (χ3v) is 6.72. The Labute approximate surface area is 217 Å². The van der Waals surface area contributed by atoms with Crippen molar-refractivity contribution in [2.75, 3.05) is 39.5 Å². The number of nitrogens with zero attached hydrogens (tertiary/aromatic N) is 2. The number of hydrogen-bond acceptors (Lipinski definition) is 6. The summed E-state index contributed by atoms with van der Waals surface area (Å²) in [6, 6.07) is 27.4. The zero-order valence-corrected chi connectivity index (χ0v) is 20.8. The van der Waals surface area contributed by atoms with Crippen LogP contribution in [0.1, 0.15) is 29.2 Å². The molecule has 0 aliphatic carbocycles. The maximum Gasteiger partial charge on any atom is 0.255 e. The van der Waals surface area contributed by atoms with Gasteiger partial charge in [0.25, 0.3) is 5.91 Å². The second-order valence-electron chi connectivity index (χ2n) is 9.27. The summed E-state index contributed by atoms with van der Waals surface area (Å²) in [5.74, 6) is 1.09. The van der Waals surface area contributed by atoms with Crippen LogP contribution in [0.4, 0.5) is 0 Å². The van der Waals surface area contributed by atoms with E-state index in [0.29, 0.717) is 57.4 Å². The van der Waals surface area contributed by atoms with Gasteiger partial charge in [-0.15, -0.1) is 0 Å². The van der Waals surface area contributed by atoms with Crippen molar-refractivity contribution in [1.29, 1.82) is 0 Å². The van der Waals surface area contributed by atoms with E-state index in [0.717, 1.165) is 16.7 Å². The molecule has 7 nitrogen and oxygen atoms in total. The minimum atomic E-state index is -1.16. The lowest BCUT2D eigenvalue weighted by atomic mass is 9.81. The number of morpholine rings is 1. The summed E-state index contributed by atoms with van der Waals surface area (Å²) in [4.78, 5) is 21.3. The van der Waals surface area contributed by atoms with Gasteiger partial charge in [0.2, 0.25) is 5.90 Å². The molecule has 2 atom stereocenters. The van der Waals surface area contributed by atoms with Crippen LogP contribution in [-0.4, -0.2) is 66.9 Å². The van der Waals surface area contributed by atoms with E-state index in [2.05, 4.69) is 0 Å². The van der Waals surface area contributed by atoms with Gasteiger partial charge in [0.05, 0.1) is 19.8 Å². The van der Waals surface area contributed by atoms with E-state index in [-0.39, 0.29) is 12.5 Å².